The zero-order valence-electron chi connectivity index (χ0n) is 14.9. The second-order valence-corrected chi connectivity index (χ2v) is 5.36. The quantitative estimate of drug-likeness (QED) is 0.801. The number of rotatable bonds is 8. The highest BCUT2D eigenvalue weighted by Gasteiger charge is 2.15. The van der Waals surface area contributed by atoms with E-state index < -0.39 is 0 Å². The van der Waals surface area contributed by atoms with Crippen LogP contribution in [0.4, 0.5) is 0 Å². The molecule has 130 valence electrons. The average Bonchev–Trinajstić information content (AvgIpc) is 2.64. The largest absolute Gasteiger partial charge is 0.497 e. The number of nitrogens with one attached hydrogen (secondary N) is 1. The van der Waals surface area contributed by atoms with Gasteiger partial charge in [0, 0.05) is 23.7 Å². The summed E-state index contributed by atoms with van der Waals surface area (Å²) in [7, 11) is 6.61. The predicted molar refractivity (Wildman–Crippen MR) is 94.3 cm³/mol. The summed E-state index contributed by atoms with van der Waals surface area (Å²) in [5.74, 6) is 3.10. The second kappa shape index (κ2) is 8.45. The number of ether oxygens (including phenoxy) is 4. The molecule has 5 heteroatoms. The van der Waals surface area contributed by atoms with E-state index in [1.54, 1.807) is 28.4 Å². The van der Waals surface area contributed by atoms with Crippen LogP contribution in [0, 0.1) is 0 Å². The van der Waals surface area contributed by atoms with Crippen molar-refractivity contribution in [1.82, 2.24) is 5.32 Å². The standard InChI is InChI=1S/C19H25NO4/c1-13(16-11-15(21-2)9-10-17(16)22-3)20-12-14-7-6-8-18(23-4)19(14)24-5/h6-11,13,20H,12H2,1-5H3/t13-/m0/s1. The Balaban J connectivity index is 2.18. The minimum atomic E-state index is 0.0750. The van der Waals surface area contributed by atoms with Gasteiger partial charge in [-0.05, 0) is 31.2 Å². The van der Waals surface area contributed by atoms with Gasteiger partial charge in [-0.1, -0.05) is 12.1 Å². The minimum Gasteiger partial charge on any atom is -0.497 e. The molecule has 0 heterocycles. The zero-order chi connectivity index (χ0) is 17.5. The van der Waals surface area contributed by atoms with Crippen LogP contribution in [0.25, 0.3) is 0 Å². The summed E-state index contributed by atoms with van der Waals surface area (Å²) < 4.78 is 21.6. The summed E-state index contributed by atoms with van der Waals surface area (Å²) in [5, 5.41) is 3.50. The van der Waals surface area contributed by atoms with Crippen LogP contribution in [-0.4, -0.2) is 28.4 Å². The lowest BCUT2D eigenvalue weighted by Crippen LogP contribution is -2.19. The highest BCUT2D eigenvalue weighted by Crippen LogP contribution is 2.32. The van der Waals surface area contributed by atoms with Crippen molar-refractivity contribution in [2.75, 3.05) is 28.4 Å². The number of hydrogen-bond donors (Lipinski definition) is 1. The molecular formula is C19H25NO4. The molecule has 2 aromatic rings. The summed E-state index contributed by atoms with van der Waals surface area (Å²) in [6.45, 7) is 2.73. The molecule has 1 atom stereocenters. The molecule has 24 heavy (non-hydrogen) atoms. The van der Waals surface area contributed by atoms with E-state index in [1.165, 1.54) is 0 Å². The third-order valence-electron chi connectivity index (χ3n) is 3.99. The van der Waals surface area contributed by atoms with E-state index in [9.17, 15) is 0 Å². The Bertz CT molecular complexity index is 672. The van der Waals surface area contributed by atoms with E-state index in [-0.39, 0.29) is 6.04 Å². The molecule has 5 nitrogen and oxygen atoms in total. The van der Waals surface area contributed by atoms with Gasteiger partial charge in [0.15, 0.2) is 11.5 Å². The Morgan fingerprint density at radius 1 is 0.875 bits per heavy atom. The maximum Gasteiger partial charge on any atom is 0.165 e. The molecule has 0 bridgehead atoms. The Labute approximate surface area is 143 Å². The van der Waals surface area contributed by atoms with Crippen LogP contribution in [-0.2, 0) is 6.54 Å². The monoisotopic (exact) mass is 331 g/mol. The highest BCUT2D eigenvalue weighted by molar-refractivity contribution is 5.47. The van der Waals surface area contributed by atoms with Crippen LogP contribution in [0.15, 0.2) is 36.4 Å². The third-order valence-corrected chi connectivity index (χ3v) is 3.99. The normalized spacial score (nSPS) is 11.7. The molecule has 0 spiro atoms. The lowest BCUT2D eigenvalue weighted by Gasteiger charge is -2.19. The summed E-state index contributed by atoms with van der Waals surface area (Å²) in [4.78, 5) is 0. The minimum absolute atomic E-state index is 0.0750. The van der Waals surface area contributed by atoms with Crippen molar-refractivity contribution in [3.05, 3.63) is 47.5 Å². The van der Waals surface area contributed by atoms with E-state index in [0.29, 0.717) is 6.54 Å². The molecule has 2 aromatic carbocycles. The van der Waals surface area contributed by atoms with E-state index in [1.807, 2.05) is 36.4 Å². The number of methoxy groups -OCH3 is 4. The van der Waals surface area contributed by atoms with Crippen molar-refractivity contribution in [3.8, 4) is 23.0 Å². The summed E-state index contributed by atoms with van der Waals surface area (Å²) in [6.07, 6.45) is 0. The Hall–Kier alpha value is -2.40. The van der Waals surface area contributed by atoms with E-state index in [0.717, 1.165) is 34.1 Å². The van der Waals surface area contributed by atoms with Gasteiger partial charge < -0.3 is 24.3 Å². The molecule has 0 radical (unpaired) electrons. The van der Waals surface area contributed by atoms with Gasteiger partial charge in [-0.3, -0.25) is 0 Å². The fraction of sp³-hybridized carbons (Fsp3) is 0.368. The van der Waals surface area contributed by atoms with Gasteiger partial charge in [0.05, 0.1) is 28.4 Å². The molecule has 0 unspecified atom stereocenters. The van der Waals surface area contributed by atoms with E-state index in [2.05, 4.69) is 12.2 Å². The SMILES string of the molecule is COc1ccc(OC)c([C@H](C)NCc2cccc(OC)c2OC)c1. The molecule has 0 fully saturated rings. The molecule has 1 N–H and O–H groups in total. The first-order chi connectivity index (χ1) is 11.6. The molecule has 0 aliphatic rings. The Morgan fingerprint density at radius 2 is 1.62 bits per heavy atom. The average molecular weight is 331 g/mol. The molecule has 0 saturated carbocycles. The lowest BCUT2D eigenvalue weighted by molar-refractivity contribution is 0.349. The maximum atomic E-state index is 5.48. The Morgan fingerprint density at radius 3 is 2.25 bits per heavy atom. The molecule has 0 amide bonds. The van der Waals surface area contributed by atoms with Gasteiger partial charge in [0.25, 0.3) is 0 Å². The maximum absolute atomic E-state index is 5.48. The van der Waals surface area contributed by atoms with E-state index >= 15 is 0 Å². The molecule has 0 saturated heterocycles. The Kier molecular flexibility index (Phi) is 6.32. The van der Waals surface area contributed by atoms with Gasteiger partial charge in [-0.2, -0.15) is 0 Å². The van der Waals surface area contributed by atoms with Gasteiger partial charge >= 0.3 is 0 Å². The molecule has 0 aliphatic heterocycles. The summed E-state index contributed by atoms with van der Waals surface area (Å²) >= 11 is 0. The zero-order valence-corrected chi connectivity index (χ0v) is 14.9. The van der Waals surface area contributed by atoms with Gasteiger partial charge in [0.2, 0.25) is 0 Å². The fourth-order valence-electron chi connectivity index (χ4n) is 2.64. The smallest absolute Gasteiger partial charge is 0.165 e. The van der Waals surface area contributed by atoms with Gasteiger partial charge in [-0.15, -0.1) is 0 Å². The topological polar surface area (TPSA) is 49.0 Å². The molecule has 2 rings (SSSR count). The summed E-state index contributed by atoms with van der Waals surface area (Å²) in [5.41, 5.74) is 2.07. The fourth-order valence-corrected chi connectivity index (χ4v) is 2.64. The van der Waals surface area contributed by atoms with Crippen molar-refractivity contribution in [2.45, 2.75) is 19.5 Å². The van der Waals surface area contributed by atoms with Crippen molar-refractivity contribution in [3.63, 3.8) is 0 Å². The molecular weight excluding hydrogens is 306 g/mol. The number of benzene rings is 2. The first kappa shape index (κ1) is 17.9. The number of para-hydroxylation sites is 1. The second-order valence-electron chi connectivity index (χ2n) is 5.36. The first-order valence-corrected chi connectivity index (χ1v) is 7.79. The number of hydrogen-bond acceptors (Lipinski definition) is 5. The highest BCUT2D eigenvalue weighted by atomic mass is 16.5. The molecule has 0 aromatic heterocycles. The summed E-state index contributed by atoms with van der Waals surface area (Å²) in [6, 6.07) is 11.7. The van der Waals surface area contributed by atoms with Crippen molar-refractivity contribution in [1.29, 1.82) is 0 Å². The first-order valence-electron chi connectivity index (χ1n) is 7.79. The predicted octanol–water partition coefficient (Wildman–Crippen LogP) is 3.57. The van der Waals surface area contributed by atoms with Crippen molar-refractivity contribution in [2.24, 2.45) is 0 Å². The van der Waals surface area contributed by atoms with Crippen LogP contribution < -0.4 is 24.3 Å². The van der Waals surface area contributed by atoms with Crippen LogP contribution in [0.5, 0.6) is 23.0 Å². The van der Waals surface area contributed by atoms with Crippen LogP contribution >= 0.6 is 0 Å². The van der Waals surface area contributed by atoms with Crippen LogP contribution in [0.1, 0.15) is 24.1 Å². The third kappa shape index (κ3) is 3.92. The van der Waals surface area contributed by atoms with Gasteiger partial charge in [0.1, 0.15) is 11.5 Å². The van der Waals surface area contributed by atoms with E-state index in [4.69, 9.17) is 18.9 Å². The lowest BCUT2D eigenvalue weighted by atomic mass is 10.1. The van der Waals surface area contributed by atoms with Crippen LogP contribution in [0.2, 0.25) is 0 Å². The van der Waals surface area contributed by atoms with Crippen LogP contribution in [0.3, 0.4) is 0 Å². The van der Waals surface area contributed by atoms with Crippen molar-refractivity contribution < 1.29 is 18.9 Å². The molecule has 0 aliphatic carbocycles. The van der Waals surface area contributed by atoms with Crippen molar-refractivity contribution >= 4 is 0 Å². The van der Waals surface area contributed by atoms with Gasteiger partial charge in [-0.25, -0.2) is 0 Å².